The molecule has 1 aromatic carbocycles. The van der Waals surface area contributed by atoms with Gasteiger partial charge in [-0.2, -0.15) is 5.06 Å². The molecular formula is C26H29N3O6. The fourth-order valence-electron chi connectivity index (χ4n) is 8.46. The molecular weight excluding hydrogens is 450 g/mol. The average Bonchev–Trinajstić information content (AvgIpc) is 3.37. The van der Waals surface area contributed by atoms with E-state index in [0.717, 1.165) is 6.42 Å². The lowest BCUT2D eigenvalue weighted by Crippen LogP contribution is -2.83. The van der Waals surface area contributed by atoms with Crippen molar-refractivity contribution >= 4 is 29.5 Å². The van der Waals surface area contributed by atoms with E-state index in [1.165, 1.54) is 0 Å². The van der Waals surface area contributed by atoms with Crippen molar-refractivity contribution in [2.24, 2.45) is 11.3 Å². The molecule has 6 heterocycles. The second-order valence-electron chi connectivity index (χ2n) is 12.1. The summed E-state index contributed by atoms with van der Waals surface area (Å²) < 4.78 is 6.06. The molecule has 184 valence electrons. The highest BCUT2D eigenvalue weighted by molar-refractivity contribution is 6.13. The number of hydrogen-bond acceptors (Lipinski definition) is 6. The summed E-state index contributed by atoms with van der Waals surface area (Å²) in [5, 5.41) is 26.9. The first-order chi connectivity index (χ1) is 16.4. The molecule has 6 aliphatic heterocycles. The standard InChI is InChI=1S/C26H29N3O6/c1-22(2)10-8-13-15(35-22)7-6-14-17(13)29(34)20(32)25(14)18(30)26-16(23(25,3)4)12-24(19(31)27-26)9-5-11-28(24)21(26)33/h6-8,10,16,18,30,34H,5,9,11-12H2,1-4H3,(H,27,31). The van der Waals surface area contributed by atoms with Crippen molar-refractivity contribution in [3.63, 3.8) is 0 Å². The highest BCUT2D eigenvalue weighted by atomic mass is 16.5. The highest BCUT2D eigenvalue weighted by Gasteiger charge is 2.85. The zero-order valence-electron chi connectivity index (χ0n) is 20.2. The van der Waals surface area contributed by atoms with Gasteiger partial charge in [-0.25, -0.2) is 0 Å². The number of fused-ring (bicyclic) bond motifs is 5. The molecule has 1 aromatic rings. The van der Waals surface area contributed by atoms with Crippen LogP contribution in [0.5, 0.6) is 5.75 Å². The Morgan fingerprint density at radius 1 is 1.11 bits per heavy atom. The molecule has 4 saturated heterocycles. The Hall–Kier alpha value is -2.91. The molecule has 3 amide bonds. The molecule has 7 aliphatic rings. The summed E-state index contributed by atoms with van der Waals surface area (Å²) in [4.78, 5) is 43.1. The van der Waals surface area contributed by atoms with E-state index in [1.54, 1.807) is 17.0 Å². The quantitative estimate of drug-likeness (QED) is 0.485. The first kappa shape index (κ1) is 21.4. The summed E-state index contributed by atoms with van der Waals surface area (Å²) in [6, 6.07) is 3.47. The maximum absolute atomic E-state index is 14.1. The van der Waals surface area contributed by atoms with E-state index in [9.17, 15) is 24.7 Å². The van der Waals surface area contributed by atoms with Gasteiger partial charge in [0, 0.05) is 18.0 Å². The molecule has 3 N–H and O–H groups in total. The van der Waals surface area contributed by atoms with Crippen molar-refractivity contribution in [1.82, 2.24) is 10.2 Å². The summed E-state index contributed by atoms with van der Waals surface area (Å²) in [7, 11) is 0. The molecule has 0 radical (unpaired) electrons. The van der Waals surface area contributed by atoms with Gasteiger partial charge < -0.3 is 20.1 Å². The molecule has 5 unspecified atom stereocenters. The Morgan fingerprint density at radius 3 is 2.60 bits per heavy atom. The van der Waals surface area contributed by atoms with Gasteiger partial charge in [-0.1, -0.05) is 19.9 Å². The number of carbonyl (C=O) groups is 3. The fraction of sp³-hybridized carbons (Fsp3) is 0.577. The minimum atomic E-state index is -1.63. The molecule has 35 heavy (non-hydrogen) atoms. The van der Waals surface area contributed by atoms with E-state index >= 15 is 0 Å². The largest absolute Gasteiger partial charge is 0.483 e. The van der Waals surface area contributed by atoms with E-state index in [0.29, 0.717) is 41.3 Å². The van der Waals surface area contributed by atoms with Crippen molar-refractivity contribution < 1.29 is 29.4 Å². The molecule has 5 atom stereocenters. The number of amides is 3. The third kappa shape index (κ3) is 1.92. The Bertz CT molecular complexity index is 1300. The van der Waals surface area contributed by atoms with Crippen molar-refractivity contribution in [2.75, 3.05) is 11.6 Å². The zero-order valence-corrected chi connectivity index (χ0v) is 20.2. The Kier molecular flexibility index (Phi) is 3.50. The first-order valence-corrected chi connectivity index (χ1v) is 12.3. The van der Waals surface area contributed by atoms with Crippen LogP contribution in [0.4, 0.5) is 5.69 Å². The number of piperidine rings is 2. The van der Waals surface area contributed by atoms with Gasteiger partial charge in [-0.3, -0.25) is 19.6 Å². The Morgan fingerprint density at radius 2 is 1.86 bits per heavy atom. The van der Waals surface area contributed by atoms with Crippen LogP contribution in [0.3, 0.4) is 0 Å². The van der Waals surface area contributed by atoms with Crippen LogP contribution in [-0.2, 0) is 19.8 Å². The molecule has 0 aromatic heterocycles. The summed E-state index contributed by atoms with van der Waals surface area (Å²) in [5.74, 6) is -1.24. The van der Waals surface area contributed by atoms with Gasteiger partial charge >= 0.3 is 0 Å². The van der Waals surface area contributed by atoms with Crippen LogP contribution in [0.2, 0.25) is 0 Å². The van der Waals surface area contributed by atoms with Gasteiger partial charge in [-0.15, -0.1) is 0 Å². The van der Waals surface area contributed by atoms with Gasteiger partial charge in [0.2, 0.25) is 5.91 Å². The number of piperazine rings is 1. The highest BCUT2D eigenvalue weighted by Crippen LogP contribution is 2.71. The average molecular weight is 480 g/mol. The summed E-state index contributed by atoms with van der Waals surface area (Å²) in [6.07, 6.45) is 3.79. The van der Waals surface area contributed by atoms with Gasteiger partial charge in [0.15, 0.2) is 0 Å². The maximum atomic E-state index is 14.1. The van der Waals surface area contributed by atoms with Crippen LogP contribution >= 0.6 is 0 Å². The van der Waals surface area contributed by atoms with Crippen LogP contribution in [0.15, 0.2) is 18.2 Å². The number of hydrogen-bond donors (Lipinski definition) is 3. The number of anilines is 1. The number of nitrogens with zero attached hydrogens (tertiary/aromatic N) is 2. The van der Waals surface area contributed by atoms with Crippen molar-refractivity contribution in [1.29, 1.82) is 0 Å². The molecule has 3 spiro atoms. The van der Waals surface area contributed by atoms with E-state index in [1.807, 2.05) is 39.8 Å². The SMILES string of the molecule is CC1(C)C=Cc2c(ccc3c2N(O)C(=O)C32C(O)C34NC(=O)C5(CCCN5C3=O)CC4C2(C)C)O1. The second kappa shape index (κ2) is 5.73. The van der Waals surface area contributed by atoms with E-state index in [2.05, 4.69) is 5.32 Å². The molecule has 9 nitrogen and oxygen atoms in total. The molecule has 9 heteroatoms. The van der Waals surface area contributed by atoms with Crippen LogP contribution in [0.25, 0.3) is 6.08 Å². The smallest absolute Gasteiger partial charge is 0.264 e. The number of aliphatic hydroxyl groups is 1. The molecule has 2 bridgehead atoms. The van der Waals surface area contributed by atoms with Crippen molar-refractivity contribution in [2.45, 2.75) is 75.2 Å². The summed E-state index contributed by atoms with van der Waals surface area (Å²) in [5.41, 5.74) is -4.47. The predicted octanol–water partition coefficient (Wildman–Crippen LogP) is 1.49. The predicted molar refractivity (Wildman–Crippen MR) is 124 cm³/mol. The van der Waals surface area contributed by atoms with Gasteiger partial charge in [0.25, 0.3) is 11.8 Å². The normalized spacial score (nSPS) is 41.0. The van der Waals surface area contributed by atoms with E-state index < -0.39 is 45.4 Å². The van der Waals surface area contributed by atoms with Crippen LogP contribution < -0.4 is 15.1 Å². The van der Waals surface area contributed by atoms with Gasteiger partial charge in [-0.05, 0) is 62.3 Å². The number of ether oxygens (including phenoxy) is 1. The van der Waals surface area contributed by atoms with Gasteiger partial charge in [0.05, 0.1) is 5.69 Å². The molecule has 8 rings (SSSR count). The third-order valence-corrected chi connectivity index (χ3v) is 10.0. The van der Waals surface area contributed by atoms with Crippen LogP contribution in [0.1, 0.15) is 58.1 Å². The lowest BCUT2D eigenvalue weighted by atomic mass is 9.57. The van der Waals surface area contributed by atoms with Crippen molar-refractivity contribution in [3.05, 3.63) is 29.3 Å². The van der Waals surface area contributed by atoms with Crippen LogP contribution in [0, 0.1) is 11.3 Å². The Labute approximate surface area is 202 Å². The number of aliphatic hydroxyl groups excluding tert-OH is 1. The Balaban J connectivity index is 1.49. The molecule has 1 aliphatic carbocycles. The monoisotopic (exact) mass is 479 g/mol. The lowest BCUT2D eigenvalue weighted by molar-refractivity contribution is -0.180. The number of carbonyl (C=O) groups excluding carboxylic acids is 3. The van der Waals surface area contributed by atoms with E-state index in [-0.39, 0.29) is 17.5 Å². The maximum Gasteiger partial charge on any atom is 0.264 e. The third-order valence-electron chi connectivity index (χ3n) is 10.0. The topological polar surface area (TPSA) is 119 Å². The molecule has 5 fully saturated rings. The second-order valence-corrected chi connectivity index (χ2v) is 12.1. The van der Waals surface area contributed by atoms with Crippen molar-refractivity contribution in [3.8, 4) is 5.75 Å². The summed E-state index contributed by atoms with van der Waals surface area (Å²) in [6.45, 7) is 8.03. The number of rotatable bonds is 0. The lowest BCUT2D eigenvalue weighted by Gasteiger charge is -2.59. The minimum absolute atomic E-state index is 0.256. The first-order valence-electron chi connectivity index (χ1n) is 12.3. The minimum Gasteiger partial charge on any atom is -0.483 e. The number of nitrogens with one attached hydrogen (secondary N) is 1. The van der Waals surface area contributed by atoms with Gasteiger partial charge in [0.1, 0.15) is 33.9 Å². The summed E-state index contributed by atoms with van der Waals surface area (Å²) >= 11 is 0. The molecule has 1 saturated carbocycles. The fourth-order valence-corrected chi connectivity index (χ4v) is 8.46. The number of hydroxylamine groups is 1. The zero-order chi connectivity index (χ0) is 24.9. The van der Waals surface area contributed by atoms with E-state index in [4.69, 9.17) is 4.74 Å². The number of benzene rings is 1. The van der Waals surface area contributed by atoms with Crippen LogP contribution in [-0.4, -0.2) is 62.3 Å².